The van der Waals surface area contributed by atoms with Crippen LogP contribution in [0, 0.1) is 0 Å². The van der Waals surface area contributed by atoms with Crippen molar-refractivity contribution in [2.45, 2.75) is 51.5 Å². The van der Waals surface area contributed by atoms with Crippen molar-refractivity contribution >= 4 is 5.78 Å². The molecule has 0 amide bonds. The summed E-state index contributed by atoms with van der Waals surface area (Å²) in [6, 6.07) is 3.90. The predicted molar refractivity (Wildman–Crippen MR) is 77.1 cm³/mol. The summed E-state index contributed by atoms with van der Waals surface area (Å²) in [6.45, 7) is 6.21. The number of likely N-dealkylation sites (N-methyl/N-ethyl adjacent to an activating group) is 1. The van der Waals surface area contributed by atoms with Crippen molar-refractivity contribution in [1.82, 2.24) is 9.88 Å². The third-order valence-electron chi connectivity index (χ3n) is 4.41. The first kappa shape index (κ1) is 14.2. The number of carbonyl (C=O) groups is 1. The number of rotatable bonds is 6. The fraction of sp³-hybridized carbons (Fsp3) is 0.625. The average Bonchev–Trinajstić information content (AvgIpc) is 2.92. The number of Topliss-reactive ketones (excluding diaryl/α,β-unsaturated/α-hetero) is 1. The van der Waals surface area contributed by atoms with Crippen LogP contribution in [0.15, 0.2) is 24.5 Å². The average molecular weight is 260 g/mol. The lowest BCUT2D eigenvalue weighted by Gasteiger charge is -2.39. The van der Waals surface area contributed by atoms with E-state index in [2.05, 4.69) is 23.7 Å². The molecule has 1 fully saturated rings. The number of ketones is 1. The number of pyridine rings is 1. The molecule has 0 bridgehead atoms. The Morgan fingerprint density at radius 2 is 2.00 bits per heavy atom. The van der Waals surface area contributed by atoms with Gasteiger partial charge in [-0.1, -0.05) is 32.8 Å². The van der Waals surface area contributed by atoms with Crippen LogP contribution in [0.5, 0.6) is 0 Å². The van der Waals surface area contributed by atoms with E-state index in [1.165, 1.54) is 12.8 Å². The highest BCUT2D eigenvalue weighted by Crippen LogP contribution is 2.36. The van der Waals surface area contributed by atoms with Crippen LogP contribution in [0.2, 0.25) is 0 Å². The van der Waals surface area contributed by atoms with E-state index in [4.69, 9.17) is 0 Å². The summed E-state index contributed by atoms with van der Waals surface area (Å²) >= 11 is 0. The monoisotopic (exact) mass is 260 g/mol. The number of aromatic nitrogens is 1. The summed E-state index contributed by atoms with van der Waals surface area (Å²) in [5.74, 6) is 0.377. The molecule has 0 unspecified atom stereocenters. The Morgan fingerprint density at radius 3 is 2.53 bits per heavy atom. The topological polar surface area (TPSA) is 33.2 Å². The first-order valence-corrected chi connectivity index (χ1v) is 7.40. The number of hydrogen-bond acceptors (Lipinski definition) is 3. The summed E-state index contributed by atoms with van der Waals surface area (Å²) in [6.07, 6.45) is 8.48. The normalized spacial score (nSPS) is 17.8. The maximum Gasteiger partial charge on any atom is 0.157 e. The minimum atomic E-state index is -0.209. The molecule has 0 saturated heterocycles. The molecule has 1 aliphatic rings. The molecule has 1 aromatic rings. The van der Waals surface area contributed by atoms with Crippen molar-refractivity contribution in [2.24, 2.45) is 0 Å². The van der Waals surface area contributed by atoms with Crippen molar-refractivity contribution in [3.05, 3.63) is 30.1 Å². The van der Waals surface area contributed by atoms with E-state index in [-0.39, 0.29) is 5.54 Å². The molecule has 3 nitrogen and oxygen atoms in total. The van der Waals surface area contributed by atoms with Crippen LogP contribution in [0.3, 0.4) is 0 Å². The lowest BCUT2D eigenvalue weighted by molar-refractivity contribution is -0.130. The second-order valence-corrected chi connectivity index (χ2v) is 5.37. The Morgan fingerprint density at radius 1 is 1.32 bits per heavy atom. The minimum absolute atomic E-state index is 0.209. The first-order chi connectivity index (χ1) is 9.23. The van der Waals surface area contributed by atoms with E-state index in [9.17, 15) is 4.79 Å². The van der Waals surface area contributed by atoms with Crippen LogP contribution in [-0.2, 0) is 11.2 Å². The van der Waals surface area contributed by atoms with Crippen LogP contribution in [0.4, 0.5) is 0 Å². The zero-order valence-electron chi connectivity index (χ0n) is 12.1. The number of carbonyl (C=O) groups excluding carboxylic acids is 1. The molecule has 1 saturated carbocycles. The SMILES string of the molecule is CCN(CC)C1(C(=O)Cc2cccnc2)CCCC1. The molecule has 1 heterocycles. The van der Waals surface area contributed by atoms with Gasteiger partial charge < -0.3 is 0 Å². The molecule has 19 heavy (non-hydrogen) atoms. The van der Waals surface area contributed by atoms with E-state index in [1.807, 2.05) is 18.3 Å². The zero-order chi connectivity index (χ0) is 13.7. The molecule has 0 N–H and O–H groups in total. The maximum absolute atomic E-state index is 12.8. The molecule has 0 atom stereocenters. The smallest absolute Gasteiger partial charge is 0.157 e. The molecule has 3 heteroatoms. The van der Waals surface area contributed by atoms with Gasteiger partial charge in [0.25, 0.3) is 0 Å². The van der Waals surface area contributed by atoms with Crippen molar-refractivity contribution in [3.63, 3.8) is 0 Å². The lowest BCUT2D eigenvalue weighted by Crippen LogP contribution is -2.53. The van der Waals surface area contributed by atoms with Gasteiger partial charge in [0, 0.05) is 18.8 Å². The zero-order valence-corrected chi connectivity index (χ0v) is 12.1. The standard InChI is InChI=1S/C16H24N2O/c1-3-18(4-2)16(9-5-6-10-16)15(19)12-14-8-7-11-17-13-14/h7-8,11,13H,3-6,9-10,12H2,1-2H3. The van der Waals surface area contributed by atoms with Gasteiger partial charge in [0.05, 0.1) is 5.54 Å². The van der Waals surface area contributed by atoms with Gasteiger partial charge >= 0.3 is 0 Å². The van der Waals surface area contributed by atoms with Gasteiger partial charge in [0.1, 0.15) is 0 Å². The van der Waals surface area contributed by atoms with Crippen LogP contribution >= 0.6 is 0 Å². The summed E-state index contributed by atoms with van der Waals surface area (Å²) in [4.78, 5) is 19.3. The summed E-state index contributed by atoms with van der Waals surface area (Å²) in [7, 11) is 0. The molecular formula is C16H24N2O. The predicted octanol–water partition coefficient (Wildman–Crippen LogP) is 2.85. The van der Waals surface area contributed by atoms with Crippen molar-refractivity contribution in [2.75, 3.05) is 13.1 Å². The van der Waals surface area contributed by atoms with Crippen molar-refractivity contribution in [1.29, 1.82) is 0 Å². The second-order valence-electron chi connectivity index (χ2n) is 5.37. The minimum Gasteiger partial charge on any atom is -0.297 e. The van der Waals surface area contributed by atoms with Gasteiger partial charge in [-0.3, -0.25) is 14.7 Å². The van der Waals surface area contributed by atoms with Crippen LogP contribution in [-0.4, -0.2) is 34.3 Å². The third kappa shape index (κ3) is 2.86. The van der Waals surface area contributed by atoms with Crippen molar-refractivity contribution < 1.29 is 4.79 Å². The summed E-state index contributed by atoms with van der Waals surface area (Å²) in [5.41, 5.74) is 0.824. The maximum atomic E-state index is 12.8. The Balaban J connectivity index is 2.17. The van der Waals surface area contributed by atoms with Gasteiger partial charge in [0.15, 0.2) is 5.78 Å². The van der Waals surface area contributed by atoms with Crippen LogP contribution < -0.4 is 0 Å². The van der Waals surface area contributed by atoms with Crippen LogP contribution in [0.25, 0.3) is 0 Å². The number of hydrogen-bond donors (Lipinski definition) is 0. The van der Waals surface area contributed by atoms with E-state index in [0.29, 0.717) is 12.2 Å². The molecule has 0 aromatic carbocycles. The van der Waals surface area contributed by atoms with E-state index < -0.39 is 0 Å². The quantitative estimate of drug-likeness (QED) is 0.788. The van der Waals surface area contributed by atoms with E-state index in [1.54, 1.807) is 6.20 Å². The van der Waals surface area contributed by atoms with Gasteiger partial charge in [0.2, 0.25) is 0 Å². The van der Waals surface area contributed by atoms with E-state index in [0.717, 1.165) is 31.5 Å². The molecule has 0 aliphatic heterocycles. The highest BCUT2D eigenvalue weighted by Gasteiger charge is 2.44. The fourth-order valence-electron chi connectivity index (χ4n) is 3.41. The van der Waals surface area contributed by atoms with Gasteiger partial charge in [-0.2, -0.15) is 0 Å². The highest BCUT2D eigenvalue weighted by atomic mass is 16.1. The van der Waals surface area contributed by atoms with Gasteiger partial charge in [-0.05, 0) is 37.6 Å². The molecule has 1 aromatic heterocycles. The number of nitrogens with zero attached hydrogens (tertiary/aromatic N) is 2. The Kier molecular flexibility index (Phi) is 4.70. The highest BCUT2D eigenvalue weighted by molar-refractivity contribution is 5.90. The van der Waals surface area contributed by atoms with Gasteiger partial charge in [-0.25, -0.2) is 0 Å². The van der Waals surface area contributed by atoms with E-state index >= 15 is 0 Å². The van der Waals surface area contributed by atoms with Gasteiger partial charge in [-0.15, -0.1) is 0 Å². The third-order valence-corrected chi connectivity index (χ3v) is 4.41. The largest absolute Gasteiger partial charge is 0.297 e. The fourth-order valence-corrected chi connectivity index (χ4v) is 3.41. The molecule has 0 spiro atoms. The molecule has 1 aliphatic carbocycles. The molecule has 0 radical (unpaired) electrons. The molecule has 104 valence electrons. The lowest BCUT2D eigenvalue weighted by atomic mass is 9.86. The Bertz CT molecular complexity index is 406. The second kappa shape index (κ2) is 6.29. The molecular weight excluding hydrogens is 236 g/mol. The van der Waals surface area contributed by atoms with Crippen molar-refractivity contribution in [3.8, 4) is 0 Å². The Hall–Kier alpha value is -1.22. The molecule has 2 rings (SSSR count). The summed E-state index contributed by atoms with van der Waals surface area (Å²) in [5, 5.41) is 0. The summed E-state index contributed by atoms with van der Waals surface area (Å²) < 4.78 is 0. The first-order valence-electron chi connectivity index (χ1n) is 7.40. The van der Waals surface area contributed by atoms with Crippen LogP contribution in [0.1, 0.15) is 45.1 Å². The Labute approximate surface area is 116 Å².